The lowest BCUT2D eigenvalue weighted by Gasteiger charge is -2.33. The van der Waals surface area contributed by atoms with Crippen LogP contribution < -0.4 is 11.0 Å². The van der Waals surface area contributed by atoms with Crippen molar-refractivity contribution < 1.29 is 0 Å². The van der Waals surface area contributed by atoms with Crippen molar-refractivity contribution in [1.29, 1.82) is 0 Å². The van der Waals surface area contributed by atoms with Crippen LogP contribution in [0, 0.1) is 0 Å². The van der Waals surface area contributed by atoms with E-state index in [2.05, 4.69) is 32.1 Å². The van der Waals surface area contributed by atoms with Gasteiger partial charge in [-0.2, -0.15) is 0 Å². The summed E-state index contributed by atoms with van der Waals surface area (Å²) in [5, 5.41) is 4.40. The quantitative estimate of drug-likeness (QED) is 0.653. The third kappa shape index (κ3) is 4.26. The van der Waals surface area contributed by atoms with Gasteiger partial charge in [-0.3, -0.25) is 9.47 Å². The summed E-state index contributed by atoms with van der Waals surface area (Å²) in [6.07, 6.45) is 5.51. The lowest BCUT2D eigenvalue weighted by Crippen LogP contribution is -2.40. The summed E-state index contributed by atoms with van der Waals surface area (Å²) < 4.78 is 1.72. The maximum Gasteiger partial charge on any atom is 0.326 e. The van der Waals surface area contributed by atoms with Crippen LogP contribution >= 0.6 is 24.8 Å². The molecular formula is C19H28Cl2N6O. The number of benzene rings is 1. The first-order valence-electron chi connectivity index (χ1n) is 9.52. The van der Waals surface area contributed by atoms with Crippen molar-refractivity contribution in [2.75, 3.05) is 25.0 Å². The van der Waals surface area contributed by atoms with E-state index in [0.29, 0.717) is 12.6 Å². The Morgan fingerprint density at radius 1 is 1.25 bits per heavy atom. The first kappa shape index (κ1) is 22.5. The van der Waals surface area contributed by atoms with E-state index in [4.69, 9.17) is 0 Å². The molecule has 3 aromatic rings. The van der Waals surface area contributed by atoms with Crippen LogP contribution in [0.4, 0.5) is 5.82 Å². The molecule has 1 aliphatic heterocycles. The molecule has 0 spiro atoms. The zero-order valence-corrected chi connectivity index (χ0v) is 17.9. The van der Waals surface area contributed by atoms with E-state index >= 15 is 0 Å². The zero-order valence-electron chi connectivity index (χ0n) is 16.3. The number of halogens is 2. The Labute approximate surface area is 176 Å². The predicted molar refractivity (Wildman–Crippen MR) is 119 cm³/mol. The molecule has 1 saturated heterocycles. The maximum absolute atomic E-state index is 12.1. The number of fused-ring (bicyclic) bond motifs is 2. The molecule has 2 N–H and O–H groups in total. The molecule has 0 aliphatic carbocycles. The van der Waals surface area contributed by atoms with Gasteiger partial charge in [0.05, 0.1) is 16.6 Å². The SMILES string of the molecule is CCn1c(=O)[nH]c2cc3c(NCCN4CCCCC4C)ncnc3cc21.Cl.Cl. The van der Waals surface area contributed by atoms with Crippen LogP contribution in [0.25, 0.3) is 21.9 Å². The van der Waals surface area contributed by atoms with Crippen molar-refractivity contribution in [2.24, 2.45) is 0 Å². The van der Waals surface area contributed by atoms with E-state index in [0.717, 1.165) is 40.8 Å². The van der Waals surface area contributed by atoms with Gasteiger partial charge in [0.25, 0.3) is 0 Å². The number of imidazole rings is 1. The molecule has 28 heavy (non-hydrogen) atoms. The van der Waals surface area contributed by atoms with E-state index in [9.17, 15) is 4.79 Å². The molecule has 4 rings (SSSR count). The second-order valence-electron chi connectivity index (χ2n) is 7.09. The minimum absolute atomic E-state index is 0. The van der Waals surface area contributed by atoms with Crippen molar-refractivity contribution in [3.05, 3.63) is 28.9 Å². The van der Waals surface area contributed by atoms with Crippen molar-refractivity contribution in [1.82, 2.24) is 24.4 Å². The first-order chi connectivity index (χ1) is 12.7. The Hall–Kier alpha value is -1.83. The minimum Gasteiger partial charge on any atom is -0.368 e. The molecule has 1 unspecified atom stereocenters. The predicted octanol–water partition coefficient (Wildman–Crippen LogP) is 3.42. The lowest BCUT2D eigenvalue weighted by molar-refractivity contribution is 0.167. The van der Waals surface area contributed by atoms with Crippen molar-refractivity contribution in [3.63, 3.8) is 0 Å². The Balaban J connectivity index is 0.00000140. The third-order valence-electron chi connectivity index (χ3n) is 5.48. The number of rotatable bonds is 5. The molecule has 3 heterocycles. The van der Waals surface area contributed by atoms with E-state index in [1.54, 1.807) is 10.9 Å². The number of nitrogens with zero attached hydrogens (tertiary/aromatic N) is 4. The summed E-state index contributed by atoms with van der Waals surface area (Å²) in [6, 6.07) is 4.60. The highest BCUT2D eigenvalue weighted by Crippen LogP contribution is 2.24. The van der Waals surface area contributed by atoms with Gasteiger partial charge in [-0.1, -0.05) is 6.42 Å². The van der Waals surface area contributed by atoms with Gasteiger partial charge in [0, 0.05) is 31.1 Å². The van der Waals surface area contributed by atoms with Crippen molar-refractivity contribution >= 4 is 52.6 Å². The summed E-state index contributed by atoms with van der Waals surface area (Å²) in [7, 11) is 0. The van der Waals surface area contributed by atoms with Crippen molar-refractivity contribution in [3.8, 4) is 0 Å². The van der Waals surface area contributed by atoms with E-state index in [1.807, 2.05) is 19.1 Å². The van der Waals surface area contributed by atoms with E-state index in [-0.39, 0.29) is 30.5 Å². The number of nitrogens with one attached hydrogen (secondary N) is 2. The van der Waals surface area contributed by atoms with Gasteiger partial charge in [0.15, 0.2) is 0 Å². The monoisotopic (exact) mass is 426 g/mol. The van der Waals surface area contributed by atoms with Gasteiger partial charge >= 0.3 is 5.69 Å². The molecule has 9 heteroatoms. The lowest BCUT2D eigenvalue weighted by atomic mass is 10.0. The molecule has 1 aliphatic rings. The smallest absolute Gasteiger partial charge is 0.326 e. The molecular weight excluding hydrogens is 399 g/mol. The van der Waals surface area contributed by atoms with Gasteiger partial charge in [-0.05, 0) is 45.4 Å². The molecule has 1 fully saturated rings. The summed E-state index contributed by atoms with van der Waals surface area (Å²) >= 11 is 0. The number of aromatic amines is 1. The van der Waals surface area contributed by atoms with Crippen LogP contribution in [0.3, 0.4) is 0 Å². The summed E-state index contributed by atoms with van der Waals surface area (Å²) in [6.45, 7) is 7.95. The number of H-pyrrole nitrogens is 1. The van der Waals surface area contributed by atoms with Gasteiger partial charge in [-0.15, -0.1) is 24.8 Å². The Morgan fingerprint density at radius 2 is 2.07 bits per heavy atom. The highest BCUT2D eigenvalue weighted by atomic mass is 35.5. The largest absolute Gasteiger partial charge is 0.368 e. The van der Waals surface area contributed by atoms with Crippen LogP contribution in [-0.2, 0) is 6.54 Å². The Bertz CT molecular complexity index is 986. The average molecular weight is 427 g/mol. The standard InChI is InChI=1S/C19H26N6O.2ClH/c1-3-25-17-11-15-14(10-16(17)23-19(25)26)18(22-12-21-15)20-7-9-24-8-5-4-6-13(24)2;;/h10-13H,3-9H2,1-2H3,(H,23,26)(H,20,21,22);2*1H. The summed E-state index contributed by atoms with van der Waals surface area (Å²) in [5.74, 6) is 0.826. The molecule has 1 aromatic carbocycles. The molecule has 0 saturated carbocycles. The normalized spacial score (nSPS) is 17.3. The summed E-state index contributed by atoms with van der Waals surface area (Å²) in [5.41, 5.74) is 2.48. The van der Waals surface area contributed by atoms with Crippen LogP contribution in [0.1, 0.15) is 33.1 Å². The second-order valence-corrected chi connectivity index (χ2v) is 7.09. The molecule has 1 atom stereocenters. The average Bonchev–Trinajstić information content (AvgIpc) is 2.95. The highest BCUT2D eigenvalue weighted by molar-refractivity contribution is 5.98. The Kier molecular flexibility index (Phi) is 7.69. The van der Waals surface area contributed by atoms with E-state index < -0.39 is 0 Å². The second kappa shape index (κ2) is 9.58. The van der Waals surface area contributed by atoms with Crippen molar-refractivity contribution in [2.45, 2.75) is 45.7 Å². The number of aromatic nitrogens is 4. The highest BCUT2D eigenvalue weighted by Gasteiger charge is 2.17. The summed E-state index contributed by atoms with van der Waals surface area (Å²) in [4.78, 5) is 26.3. The molecule has 0 amide bonds. The topological polar surface area (TPSA) is 78.8 Å². The zero-order chi connectivity index (χ0) is 18.1. The van der Waals surface area contributed by atoms with Crippen LogP contribution in [-0.4, -0.2) is 50.1 Å². The molecule has 154 valence electrons. The number of anilines is 1. The third-order valence-corrected chi connectivity index (χ3v) is 5.48. The molecule has 7 nitrogen and oxygen atoms in total. The van der Waals surface area contributed by atoms with Crippen LogP contribution in [0.5, 0.6) is 0 Å². The van der Waals surface area contributed by atoms with Crippen LogP contribution in [0.15, 0.2) is 23.3 Å². The Morgan fingerprint density at radius 3 is 2.82 bits per heavy atom. The number of hydrogen-bond donors (Lipinski definition) is 2. The number of piperidine rings is 1. The first-order valence-corrected chi connectivity index (χ1v) is 9.52. The van der Waals surface area contributed by atoms with E-state index in [1.165, 1.54) is 25.8 Å². The number of aryl methyl sites for hydroxylation is 1. The fourth-order valence-electron chi connectivity index (χ4n) is 3.97. The number of hydrogen-bond acceptors (Lipinski definition) is 5. The number of likely N-dealkylation sites (tertiary alicyclic amines) is 1. The fourth-order valence-corrected chi connectivity index (χ4v) is 3.97. The minimum atomic E-state index is -0.0839. The van der Waals surface area contributed by atoms with Crippen LogP contribution in [0.2, 0.25) is 0 Å². The van der Waals surface area contributed by atoms with Gasteiger partial charge in [-0.25, -0.2) is 14.8 Å². The maximum atomic E-state index is 12.1. The molecule has 2 aromatic heterocycles. The fraction of sp³-hybridized carbons (Fsp3) is 0.526. The molecule has 0 radical (unpaired) electrons. The van der Waals surface area contributed by atoms with Gasteiger partial charge in [0.2, 0.25) is 0 Å². The van der Waals surface area contributed by atoms with Gasteiger partial charge < -0.3 is 10.3 Å². The molecule has 0 bridgehead atoms. The van der Waals surface area contributed by atoms with Gasteiger partial charge in [0.1, 0.15) is 12.1 Å².